The molecule has 1 atom stereocenters. The first kappa shape index (κ1) is 31.2. The van der Waals surface area contributed by atoms with Crippen molar-refractivity contribution in [2.45, 2.75) is 59.2 Å². The number of carbonyl (C=O) groups is 2. The summed E-state index contributed by atoms with van der Waals surface area (Å²) in [5, 5.41) is 3.41. The molecule has 0 aliphatic rings. The largest absolute Gasteiger partial charge is 0.350 e. The van der Waals surface area contributed by atoms with Gasteiger partial charge < -0.3 is 10.2 Å². The van der Waals surface area contributed by atoms with Crippen molar-refractivity contribution in [2.24, 2.45) is 0 Å². The van der Waals surface area contributed by atoms with Crippen LogP contribution >= 0.6 is 11.6 Å². The van der Waals surface area contributed by atoms with E-state index in [4.69, 9.17) is 11.6 Å². The van der Waals surface area contributed by atoms with Gasteiger partial charge in [-0.3, -0.25) is 13.9 Å². The number of carbonyl (C=O) groups excluding carboxylic acids is 2. The van der Waals surface area contributed by atoms with Gasteiger partial charge in [-0.05, 0) is 63.4 Å². The highest BCUT2D eigenvalue weighted by atomic mass is 35.5. The molecule has 3 aromatic rings. The molecular weight excluding hydrogens is 546 g/mol. The van der Waals surface area contributed by atoms with Gasteiger partial charge in [-0.15, -0.1) is 0 Å². The second-order valence-electron chi connectivity index (χ2n) is 11.2. The summed E-state index contributed by atoms with van der Waals surface area (Å²) in [5.41, 5.74) is 3.29. The van der Waals surface area contributed by atoms with E-state index in [0.717, 1.165) is 32.8 Å². The van der Waals surface area contributed by atoms with E-state index < -0.39 is 34.1 Å². The zero-order chi connectivity index (χ0) is 29.7. The topological polar surface area (TPSA) is 86.8 Å². The Bertz CT molecular complexity index is 1440. The molecule has 0 radical (unpaired) electrons. The number of nitrogens with zero attached hydrogens (tertiary/aromatic N) is 2. The van der Waals surface area contributed by atoms with Crippen molar-refractivity contribution in [3.63, 3.8) is 0 Å². The van der Waals surface area contributed by atoms with E-state index in [1.54, 1.807) is 12.1 Å². The second kappa shape index (κ2) is 12.9. The lowest BCUT2D eigenvalue weighted by Crippen LogP contribution is -2.56. The maximum Gasteiger partial charge on any atom is 0.244 e. The molecule has 0 unspecified atom stereocenters. The lowest BCUT2D eigenvalue weighted by atomic mass is 10.0. The number of halogens is 1. The Morgan fingerprint density at radius 2 is 1.55 bits per heavy atom. The standard InChI is InChI=1S/C31H38ClN3O4S/c1-22-12-15-25(16-13-22)20-34(28(30(37)33-31(3,4)5)18-24-10-8-7-9-11-24)29(36)21-35(40(6,38)39)26-17-14-23(2)27(32)19-26/h7-17,19,28H,18,20-21H2,1-6H3,(H,33,37)/t28-/m1/s1. The molecule has 7 nitrogen and oxygen atoms in total. The van der Waals surface area contributed by atoms with Crippen LogP contribution in [0.2, 0.25) is 5.02 Å². The number of rotatable bonds is 10. The lowest BCUT2D eigenvalue weighted by Gasteiger charge is -2.35. The van der Waals surface area contributed by atoms with Crippen LogP contribution in [-0.2, 0) is 32.6 Å². The van der Waals surface area contributed by atoms with Crippen molar-refractivity contribution in [2.75, 3.05) is 17.1 Å². The minimum Gasteiger partial charge on any atom is -0.350 e. The SMILES string of the molecule is Cc1ccc(CN(C(=O)CN(c2ccc(C)c(Cl)c2)S(C)(=O)=O)[C@H](Cc2ccccc2)C(=O)NC(C)(C)C)cc1. The van der Waals surface area contributed by atoms with Crippen LogP contribution in [-0.4, -0.2) is 49.5 Å². The van der Waals surface area contributed by atoms with Gasteiger partial charge in [-0.25, -0.2) is 8.42 Å². The van der Waals surface area contributed by atoms with Crippen LogP contribution in [0.15, 0.2) is 72.8 Å². The Morgan fingerprint density at radius 1 is 0.925 bits per heavy atom. The Kier molecular flexibility index (Phi) is 10.0. The van der Waals surface area contributed by atoms with Gasteiger partial charge >= 0.3 is 0 Å². The molecule has 0 saturated heterocycles. The molecule has 0 aromatic heterocycles. The minimum atomic E-state index is -3.86. The van der Waals surface area contributed by atoms with Crippen molar-refractivity contribution in [1.29, 1.82) is 0 Å². The number of sulfonamides is 1. The molecule has 0 aliphatic heterocycles. The molecule has 0 spiro atoms. The van der Waals surface area contributed by atoms with Gasteiger partial charge in [0.1, 0.15) is 12.6 Å². The van der Waals surface area contributed by atoms with Gasteiger partial charge in [0.25, 0.3) is 0 Å². The third-order valence-electron chi connectivity index (χ3n) is 6.37. The molecule has 40 heavy (non-hydrogen) atoms. The molecular formula is C31H38ClN3O4S. The lowest BCUT2D eigenvalue weighted by molar-refractivity contribution is -0.140. The van der Waals surface area contributed by atoms with Gasteiger partial charge in [0, 0.05) is 23.5 Å². The number of hydrogen-bond donors (Lipinski definition) is 1. The van der Waals surface area contributed by atoms with Crippen LogP contribution < -0.4 is 9.62 Å². The van der Waals surface area contributed by atoms with Gasteiger partial charge in [0.15, 0.2) is 0 Å². The number of anilines is 1. The summed E-state index contributed by atoms with van der Waals surface area (Å²) in [4.78, 5) is 29.3. The van der Waals surface area contributed by atoms with Gasteiger partial charge in [0.2, 0.25) is 21.8 Å². The van der Waals surface area contributed by atoms with E-state index in [9.17, 15) is 18.0 Å². The summed E-state index contributed by atoms with van der Waals surface area (Å²) >= 11 is 6.30. The third kappa shape index (κ3) is 8.83. The number of nitrogens with one attached hydrogen (secondary N) is 1. The molecule has 0 heterocycles. The van der Waals surface area contributed by atoms with E-state index in [2.05, 4.69) is 5.32 Å². The Labute approximate surface area is 243 Å². The molecule has 0 fully saturated rings. The summed E-state index contributed by atoms with van der Waals surface area (Å²) in [6.45, 7) is 9.06. The molecule has 2 amide bonds. The number of benzene rings is 3. The molecule has 9 heteroatoms. The third-order valence-corrected chi connectivity index (χ3v) is 7.91. The first-order valence-corrected chi connectivity index (χ1v) is 15.3. The molecule has 0 saturated carbocycles. The maximum absolute atomic E-state index is 14.1. The van der Waals surface area contributed by atoms with Crippen molar-refractivity contribution >= 4 is 39.1 Å². The quantitative estimate of drug-likeness (QED) is 0.352. The van der Waals surface area contributed by atoms with Crippen LogP contribution in [0.5, 0.6) is 0 Å². The fourth-order valence-electron chi connectivity index (χ4n) is 4.25. The Balaban J connectivity index is 2.08. The number of aryl methyl sites for hydroxylation is 2. The van der Waals surface area contributed by atoms with Crippen LogP contribution in [0.25, 0.3) is 0 Å². The maximum atomic E-state index is 14.1. The zero-order valence-electron chi connectivity index (χ0n) is 23.9. The predicted molar refractivity (Wildman–Crippen MR) is 162 cm³/mol. The summed E-state index contributed by atoms with van der Waals surface area (Å²) in [6.07, 6.45) is 1.31. The van der Waals surface area contributed by atoms with Crippen molar-refractivity contribution in [3.8, 4) is 0 Å². The minimum absolute atomic E-state index is 0.125. The molecule has 0 bridgehead atoms. The van der Waals surface area contributed by atoms with Crippen LogP contribution in [0.1, 0.15) is 43.0 Å². The summed E-state index contributed by atoms with van der Waals surface area (Å²) in [5.74, 6) is -0.825. The average Bonchev–Trinajstić information content (AvgIpc) is 2.86. The highest BCUT2D eigenvalue weighted by Crippen LogP contribution is 2.26. The van der Waals surface area contributed by atoms with Crippen LogP contribution in [0.4, 0.5) is 5.69 Å². The van der Waals surface area contributed by atoms with E-state index in [1.807, 2.05) is 89.2 Å². The summed E-state index contributed by atoms with van der Waals surface area (Å²) in [7, 11) is -3.86. The zero-order valence-corrected chi connectivity index (χ0v) is 25.5. The Hall–Kier alpha value is -3.36. The molecule has 3 aromatic carbocycles. The van der Waals surface area contributed by atoms with Crippen LogP contribution in [0.3, 0.4) is 0 Å². The molecule has 3 rings (SSSR count). The van der Waals surface area contributed by atoms with Gasteiger partial charge in [-0.1, -0.05) is 77.8 Å². The Morgan fingerprint density at radius 3 is 2.10 bits per heavy atom. The number of hydrogen-bond acceptors (Lipinski definition) is 4. The van der Waals surface area contributed by atoms with Crippen LogP contribution in [0, 0.1) is 13.8 Å². The smallest absolute Gasteiger partial charge is 0.244 e. The summed E-state index contributed by atoms with van der Waals surface area (Å²) in [6, 6.07) is 21.1. The highest BCUT2D eigenvalue weighted by Gasteiger charge is 2.34. The predicted octanol–water partition coefficient (Wildman–Crippen LogP) is 5.28. The average molecular weight is 584 g/mol. The molecule has 1 N–H and O–H groups in total. The number of amides is 2. The fraction of sp³-hybridized carbons (Fsp3) is 0.355. The molecule has 214 valence electrons. The van der Waals surface area contributed by atoms with E-state index >= 15 is 0 Å². The van der Waals surface area contributed by atoms with Crippen molar-refractivity contribution < 1.29 is 18.0 Å². The fourth-order valence-corrected chi connectivity index (χ4v) is 5.26. The van der Waals surface area contributed by atoms with E-state index in [1.165, 1.54) is 11.0 Å². The van der Waals surface area contributed by atoms with E-state index in [0.29, 0.717) is 5.02 Å². The second-order valence-corrected chi connectivity index (χ2v) is 13.5. The normalized spacial score (nSPS) is 12.5. The summed E-state index contributed by atoms with van der Waals surface area (Å²) < 4.78 is 26.8. The monoisotopic (exact) mass is 583 g/mol. The van der Waals surface area contributed by atoms with Gasteiger partial charge in [0.05, 0.1) is 11.9 Å². The van der Waals surface area contributed by atoms with Crippen molar-refractivity contribution in [3.05, 3.63) is 100 Å². The first-order valence-electron chi connectivity index (χ1n) is 13.1. The van der Waals surface area contributed by atoms with Crippen molar-refractivity contribution in [1.82, 2.24) is 10.2 Å². The highest BCUT2D eigenvalue weighted by molar-refractivity contribution is 7.92. The van der Waals surface area contributed by atoms with E-state index in [-0.39, 0.29) is 24.6 Å². The van der Waals surface area contributed by atoms with Gasteiger partial charge in [-0.2, -0.15) is 0 Å². The first-order chi connectivity index (χ1) is 18.6. The molecule has 0 aliphatic carbocycles.